The highest BCUT2D eigenvalue weighted by molar-refractivity contribution is 5.92. The third kappa shape index (κ3) is 6.74. The molecule has 0 aliphatic rings. The molecular formula is C26H28N2O5. The third-order valence-corrected chi connectivity index (χ3v) is 4.97. The van der Waals surface area contributed by atoms with E-state index in [4.69, 9.17) is 9.47 Å². The van der Waals surface area contributed by atoms with Crippen LogP contribution in [0, 0.1) is 13.8 Å². The fraction of sp³-hybridized carbons (Fsp3) is 0.231. The van der Waals surface area contributed by atoms with Gasteiger partial charge in [0, 0.05) is 17.9 Å². The maximum absolute atomic E-state index is 12.2. The number of carbonyl (C=O) groups is 2. The zero-order chi connectivity index (χ0) is 23.8. The Balaban J connectivity index is 1.64. The Morgan fingerprint density at radius 2 is 1.67 bits per heavy atom. The fourth-order valence-corrected chi connectivity index (χ4v) is 3.17. The Bertz CT molecular complexity index is 1130. The molecule has 0 atom stereocenters. The van der Waals surface area contributed by atoms with Gasteiger partial charge in [0.2, 0.25) is 0 Å². The van der Waals surface area contributed by atoms with E-state index in [9.17, 15) is 14.7 Å². The van der Waals surface area contributed by atoms with Gasteiger partial charge in [-0.25, -0.2) is 4.79 Å². The average molecular weight is 449 g/mol. The molecule has 0 aliphatic carbocycles. The number of carbonyl (C=O) groups excluding carboxylic acids is 1. The van der Waals surface area contributed by atoms with E-state index in [2.05, 4.69) is 10.6 Å². The summed E-state index contributed by atoms with van der Waals surface area (Å²) in [5.74, 6) is -0.218. The normalized spacial score (nSPS) is 10.4. The molecule has 0 bridgehead atoms. The molecule has 0 heterocycles. The van der Waals surface area contributed by atoms with Crippen LogP contribution in [0.5, 0.6) is 11.5 Å². The first-order chi connectivity index (χ1) is 15.9. The van der Waals surface area contributed by atoms with E-state index in [1.165, 1.54) is 0 Å². The van der Waals surface area contributed by atoms with E-state index >= 15 is 0 Å². The number of carboxylic acid groups (broad SMARTS) is 1. The summed E-state index contributed by atoms with van der Waals surface area (Å²) in [5.41, 5.74) is 4.68. The molecule has 7 heteroatoms. The second-order valence-corrected chi connectivity index (χ2v) is 7.61. The maximum atomic E-state index is 12.2. The van der Waals surface area contributed by atoms with Gasteiger partial charge < -0.3 is 25.2 Å². The van der Waals surface area contributed by atoms with Crippen LogP contribution < -0.4 is 20.1 Å². The molecule has 3 N–H and O–H groups in total. The van der Waals surface area contributed by atoms with Gasteiger partial charge in [0.1, 0.15) is 0 Å². The zero-order valence-electron chi connectivity index (χ0n) is 19.0. The number of aromatic carboxylic acids is 1. The molecule has 3 rings (SSSR count). The first-order valence-electron chi connectivity index (χ1n) is 10.7. The summed E-state index contributed by atoms with van der Waals surface area (Å²) in [4.78, 5) is 23.5. The minimum atomic E-state index is -0.968. The lowest BCUT2D eigenvalue weighted by atomic mass is 10.1. The Kier molecular flexibility index (Phi) is 7.91. The number of nitrogens with one attached hydrogen (secondary N) is 2. The molecular weight excluding hydrogens is 420 g/mol. The quantitative estimate of drug-likeness (QED) is 0.403. The number of rotatable bonds is 10. The van der Waals surface area contributed by atoms with E-state index < -0.39 is 5.97 Å². The van der Waals surface area contributed by atoms with Gasteiger partial charge in [-0.1, -0.05) is 29.8 Å². The molecule has 0 unspecified atom stereocenters. The second-order valence-electron chi connectivity index (χ2n) is 7.61. The first-order valence-corrected chi connectivity index (χ1v) is 10.7. The maximum Gasteiger partial charge on any atom is 0.335 e. The third-order valence-electron chi connectivity index (χ3n) is 4.97. The summed E-state index contributed by atoms with van der Waals surface area (Å²) >= 11 is 0. The summed E-state index contributed by atoms with van der Waals surface area (Å²) in [6, 6.07) is 18.0. The topological polar surface area (TPSA) is 96.9 Å². The molecule has 0 radical (unpaired) electrons. The summed E-state index contributed by atoms with van der Waals surface area (Å²) in [5, 5.41) is 15.3. The molecule has 1 amide bonds. The van der Waals surface area contributed by atoms with Crippen molar-refractivity contribution in [3.63, 3.8) is 0 Å². The van der Waals surface area contributed by atoms with Crippen LogP contribution in [0.25, 0.3) is 0 Å². The van der Waals surface area contributed by atoms with Gasteiger partial charge in [0.05, 0.1) is 12.2 Å². The Morgan fingerprint density at radius 1 is 0.909 bits per heavy atom. The molecule has 0 saturated carbocycles. The van der Waals surface area contributed by atoms with Gasteiger partial charge in [0.25, 0.3) is 5.91 Å². The number of benzene rings is 3. The molecule has 0 aliphatic heterocycles. The molecule has 0 saturated heterocycles. The standard InChI is InChI=1S/C26H28N2O5/c1-4-32-24-13-19(15-27-22-14-20(26(30)31)9-7-18(22)3)8-12-23(24)33-16-25(29)28-21-10-5-17(2)6-11-21/h5-14,27H,4,15-16H2,1-3H3,(H,28,29)(H,30,31). The average Bonchev–Trinajstić information content (AvgIpc) is 2.79. The molecule has 33 heavy (non-hydrogen) atoms. The van der Waals surface area contributed by atoms with Crippen molar-refractivity contribution < 1.29 is 24.2 Å². The van der Waals surface area contributed by atoms with Gasteiger partial charge in [-0.2, -0.15) is 0 Å². The van der Waals surface area contributed by atoms with Crippen LogP contribution in [0.3, 0.4) is 0 Å². The van der Waals surface area contributed by atoms with Crippen LogP contribution in [0.15, 0.2) is 60.7 Å². The molecule has 0 spiro atoms. The molecule has 0 fully saturated rings. The Hall–Kier alpha value is -4.00. The van der Waals surface area contributed by atoms with Crippen LogP contribution >= 0.6 is 0 Å². The number of hydrogen-bond donors (Lipinski definition) is 3. The van der Waals surface area contributed by atoms with Gasteiger partial charge >= 0.3 is 5.97 Å². The summed E-state index contributed by atoms with van der Waals surface area (Å²) in [6.45, 7) is 6.54. The number of aryl methyl sites for hydroxylation is 2. The zero-order valence-corrected chi connectivity index (χ0v) is 19.0. The van der Waals surface area contributed by atoms with Gasteiger partial charge in [-0.15, -0.1) is 0 Å². The van der Waals surface area contributed by atoms with Crippen molar-refractivity contribution in [1.82, 2.24) is 0 Å². The van der Waals surface area contributed by atoms with Crippen molar-refractivity contribution in [1.29, 1.82) is 0 Å². The predicted octanol–water partition coefficient (Wildman–Crippen LogP) is 5.03. The highest BCUT2D eigenvalue weighted by atomic mass is 16.5. The summed E-state index contributed by atoms with van der Waals surface area (Å²) < 4.78 is 11.4. The largest absolute Gasteiger partial charge is 0.490 e. The lowest BCUT2D eigenvalue weighted by molar-refractivity contribution is -0.118. The number of hydrogen-bond acceptors (Lipinski definition) is 5. The van der Waals surface area contributed by atoms with Crippen LogP contribution in [0.4, 0.5) is 11.4 Å². The molecule has 0 aromatic heterocycles. The van der Waals surface area contributed by atoms with Crippen LogP contribution in [-0.4, -0.2) is 30.2 Å². The number of carboxylic acids is 1. The molecule has 3 aromatic carbocycles. The fourth-order valence-electron chi connectivity index (χ4n) is 3.17. The SMILES string of the molecule is CCOc1cc(CNc2cc(C(=O)O)ccc2C)ccc1OCC(=O)Nc1ccc(C)cc1. The van der Waals surface area contributed by atoms with E-state index in [0.29, 0.717) is 30.3 Å². The Morgan fingerprint density at radius 3 is 2.36 bits per heavy atom. The van der Waals surface area contributed by atoms with Gasteiger partial charge in [-0.3, -0.25) is 4.79 Å². The first kappa shape index (κ1) is 23.7. The number of ether oxygens (including phenoxy) is 2. The van der Waals surface area contributed by atoms with Crippen LogP contribution in [0.1, 0.15) is 34.0 Å². The monoisotopic (exact) mass is 448 g/mol. The smallest absolute Gasteiger partial charge is 0.335 e. The van der Waals surface area contributed by atoms with Crippen molar-refractivity contribution in [3.05, 3.63) is 82.9 Å². The van der Waals surface area contributed by atoms with E-state index in [1.807, 2.05) is 57.2 Å². The summed E-state index contributed by atoms with van der Waals surface area (Å²) in [6.07, 6.45) is 0. The van der Waals surface area contributed by atoms with Gasteiger partial charge in [0.15, 0.2) is 18.1 Å². The second kappa shape index (κ2) is 11.0. The van der Waals surface area contributed by atoms with Gasteiger partial charge in [-0.05, 0) is 68.3 Å². The highest BCUT2D eigenvalue weighted by Gasteiger charge is 2.11. The van der Waals surface area contributed by atoms with Crippen molar-refractivity contribution >= 4 is 23.3 Å². The van der Waals surface area contributed by atoms with Crippen molar-refractivity contribution in [2.45, 2.75) is 27.3 Å². The molecule has 3 aromatic rings. The molecule has 172 valence electrons. The lowest BCUT2D eigenvalue weighted by Crippen LogP contribution is -2.20. The van der Waals surface area contributed by atoms with E-state index in [1.54, 1.807) is 24.3 Å². The number of anilines is 2. The molecule has 7 nitrogen and oxygen atoms in total. The predicted molar refractivity (Wildman–Crippen MR) is 128 cm³/mol. The van der Waals surface area contributed by atoms with Crippen molar-refractivity contribution in [3.8, 4) is 11.5 Å². The van der Waals surface area contributed by atoms with Crippen molar-refractivity contribution in [2.24, 2.45) is 0 Å². The minimum Gasteiger partial charge on any atom is -0.490 e. The number of amides is 1. The Labute approximate surface area is 193 Å². The van der Waals surface area contributed by atoms with Crippen LogP contribution in [-0.2, 0) is 11.3 Å². The van der Waals surface area contributed by atoms with Crippen molar-refractivity contribution in [2.75, 3.05) is 23.8 Å². The lowest BCUT2D eigenvalue weighted by Gasteiger charge is -2.15. The van der Waals surface area contributed by atoms with Crippen LogP contribution in [0.2, 0.25) is 0 Å². The van der Waals surface area contributed by atoms with E-state index in [0.717, 1.165) is 22.4 Å². The van der Waals surface area contributed by atoms with E-state index in [-0.39, 0.29) is 18.1 Å². The highest BCUT2D eigenvalue weighted by Crippen LogP contribution is 2.29. The summed E-state index contributed by atoms with van der Waals surface area (Å²) in [7, 11) is 0. The minimum absolute atomic E-state index is 0.146.